The summed E-state index contributed by atoms with van der Waals surface area (Å²) in [6, 6.07) is 17.0. The van der Waals surface area contributed by atoms with Crippen molar-refractivity contribution in [2.45, 2.75) is 32.5 Å². The second-order valence-corrected chi connectivity index (χ2v) is 8.60. The molecule has 1 heterocycles. The number of carbonyl (C=O) groups excluding carboxylic acids is 2. The predicted octanol–water partition coefficient (Wildman–Crippen LogP) is 4.40. The molecule has 0 aliphatic carbocycles. The predicted molar refractivity (Wildman–Crippen MR) is 134 cm³/mol. The third kappa shape index (κ3) is 6.53. The normalized spacial score (nSPS) is 11.7. The number of nitrogens with zero attached hydrogens (tertiary/aromatic N) is 5. The Balaban J connectivity index is 1.55. The summed E-state index contributed by atoms with van der Waals surface area (Å²) < 4.78 is 27.3. The second-order valence-electron chi connectivity index (χ2n) is 8.16. The number of amides is 2. The van der Waals surface area contributed by atoms with Crippen molar-refractivity contribution < 1.29 is 18.4 Å². The molecule has 4 rings (SSSR count). The highest BCUT2D eigenvalue weighted by molar-refractivity contribution is 6.30. The maximum Gasteiger partial charge on any atom is 0.251 e. The Morgan fingerprint density at radius 1 is 1.03 bits per heavy atom. The third-order valence-corrected chi connectivity index (χ3v) is 5.82. The number of benzene rings is 3. The van der Waals surface area contributed by atoms with Crippen LogP contribution in [-0.4, -0.2) is 38.1 Å². The van der Waals surface area contributed by atoms with Crippen LogP contribution in [0.1, 0.15) is 18.9 Å². The van der Waals surface area contributed by atoms with Gasteiger partial charge in [0.25, 0.3) is 5.91 Å². The highest BCUT2D eigenvalue weighted by Crippen LogP contribution is 2.22. The zero-order valence-electron chi connectivity index (χ0n) is 19.8. The first kappa shape index (κ1) is 25.9. The first-order valence-electron chi connectivity index (χ1n) is 11.5. The van der Waals surface area contributed by atoms with E-state index in [9.17, 15) is 18.4 Å². The van der Waals surface area contributed by atoms with Crippen LogP contribution < -0.4 is 10.2 Å². The molecule has 11 heteroatoms. The Bertz CT molecular complexity index is 1380. The summed E-state index contributed by atoms with van der Waals surface area (Å²) in [5, 5.41) is 15.5. The Morgan fingerprint density at radius 3 is 2.43 bits per heavy atom. The molecule has 2 amide bonds. The standard InChI is InChI=1S/C26H23ClF2N6O2/c1-2-23(26(37)30-15-17-6-12-20(28)13-7-17)35(22-5-3-4-21(29)14-22)24(36)16-34-32-25(31-33-34)18-8-10-19(27)11-9-18/h3-14,23H,2,15-16H2,1H3,(H,30,37)/t23-/m0/s1. The van der Waals surface area contributed by atoms with Crippen LogP contribution in [0, 0.1) is 11.6 Å². The molecule has 0 saturated heterocycles. The van der Waals surface area contributed by atoms with Crippen LogP contribution in [0.4, 0.5) is 14.5 Å². The molecule has 0 fully saturated rings. The molecule has 0 spiro atoms. The van der Waals surface area contributed by atoms with Crippen LogP contribution in [0.5, 0.6) is 0 Å². The summed E-state index contributed by atoms with van der Waals surface area (Å²) in [5.41, 5.74) is 1.57. The van der Waals surface area contributed by atoms with E-state index in [0.29, 0.717) is 22.0 Å². The van der Waals surface area contributed by atoms with Gasteiger partial charge < -0.3 is 5.32 Å². The van der Waals surface area contributed by atoms with Gasteiger partial charge in [-0.05, 0) is 71.8 Å². The Morgan fingerprint density at radius 2 is 1.76 bits per heavy atom. The molecule has 8 nitrogen and oxygen atoms in total. The number of hydrogen-bond donors (Lipinski definition) is 1. The SMILES string of the molecule is CC[C@@H](C(=O)NCc1ccc(F)cc1)N(C(=O)Cn1nnc(-c2ccc(Cl)cc2)n1)c1cccc(F)c1. The van der Waals surface area contributed by atoms with Gasteiger partial charge in [-0.15, -0.1) is 10.2 Å². The molecule has 0 aliphatic heterocycles. The number of rotatable bonds is 9. The van der Waals surface area contributed by atoms with Crippen molar-refractivity contribution in [1.29, 1.82) is 0 Å². The van der Waals surface area contributed by atoms with E-state index >= 15 is 0 Å². The smallest absolute Gasteiger partial charge is 0.251 e. The average Bonchev–Trinajstić information content (AvgIpc) is 3.35. The molecule has 3 aromatic carbocycles. The van der Waals surface area contributed by atoms with Crippen LogP contribution in [0.25, 0.3) is 11.4 Å². The molecule has 190 valence electrons. The number of tetrazole rings is 1. The zero-order chi connectivity index (χ0) is 26.4. The molecule has 4 aromatic rings. The van der Waals surface area contributed by atoms with Crippen molar-refractivity contribution in [3.8, 4) is 11.4 Å². The summed E-state index contributed by atoms with van der Waals surface area (Å²) in [6.45, 7) is 1.54. The molecule has 1 aromatic heterocycles. The van der Waals surface area contributed by atoms with Gasteiger partial charge >= 0.3 is 0 Å². The number of nitrogens with one attached hydrogen (secondary N) is 1. The monoisotopic (exact) mass is 524 g/mol. The Kier molecular flexibility index (Phi) is 8.19. The maximum atomic E-state index is 14.1. The Hall–Kier alpha value is -4.18. The number of aromatic nitrogens is 4. The summed E-state index contributed by atoms with van der Waals surface area (Å²) in [4.78, 5) is 29.0. The third-order valence-electron chi connectivity index (χ3n) is 5.57. The van der Waals surface area contributed by atoms with Gasteiger partial charge in [-0.25, -0.2) is 8.78 Å². The second kappa shape index (κ2) is 11.7. The molecule has 37 heavy (non-hydrogen) atoms. The number of carbonyl (C=O) groups is 2. The van der Waals surface area contributed by atoms with E-state index in [2.05, 4.69) is 20.7 Å². The fourth-order valence-electron chi connectivity index (χ4n) is 3.74. The maximum absolute atomic E-state index is 14.1. The molecule has 0 aliphatic rings. The van der Waals surface area contributed by atoms with Crippen molar-refractivity contribution in [2.75, 3.05) is 4.90 Å². The first-order chi connectivity index (χ1) is 17.8. The molecule has 0 radical (unpaired) electrons. The topological polar surface area (TPSA) is 93.0 Å². The fraction of sp³-hybridized carbons (Fsp3) is 0.192. The van der Waals surface area contributed by atoms with Gasteiger partial charge in [0.05, 0.1) is 0 Å². The Labute approximate surface area is 216 Å². The van der Waals surface area contributed by atoms with Crippen LogP contribution in [-0.2, 0) is 22.7 Å². The summed E-state index contributed by atoms with van der Waals surface area (Å²) in [5.74, 6) is -1.62. The molecule has 0 unspecified atom stereocenters. The van der Waals surface area contributed by atoms with Crippen LogP contribution in [0.2, 0.25) is 5.02 Å². The van der Waals surface area contributed by atoms with Gasteiger partial charge in [0.15, 0.2) is 0 Å². The minimum Gasteiger partial charge on any atom is -0.350 e. The van der Waals surface area contributed by atoms with Gasteiger partial charge in [0, 0.05) is 22.8 Å². The van der Waals surface area contributed by atoms with E-state index in [1.54, 1.807) is 49.4 Å². The van der Waals surface area contributed by atoms with Crippen LogP contribution >= 0.6 is 11.6 Å². The van der Waals surface area contributed by atoms with Crippen LogP contribution in [0.3, 0.4) is 0 Å². The molecule has 1 atom stereocenters. The zero-order valence-corrected chi connectivity index (χ0v) is 20.6. The highest BCUT2D eigenvalue weighted by Gasteiger charge is 2.30. The van der Waals surface area contributed by atoms with E-state index < -0.39 is 23.7 Å². The fourth-order valence-corrected chi connectivity index (χ4v) is 3.87. The van der Waals surface area contributed by atoms with Crippen molar-refractivity contribution >= 4 is 29.1 Å². The van der Waals surface area contributed by atoms with E-state index in [1.165, 1.54) is 35.2 Å². The van der Waals surface area contributed by atoms with Gasteiger partial charge in [-0.1, -0.05) is 36.7 Å². The van der Waals surface area contributed by atoms with Gasteiger partial charge in [-0.3, -0.25) is 14.5 Å². The largest absolute Gasteiger partial charge is 0.350 e. The molecule has 1 N–H and O–H groups in total. The molecular formula is C26H23ClF2N6O2. The van der Waals surface area contributed by atoms with Crippen molar-refractivity contribution in [1.82, 2.24) is 25.5 Å². The number of halogens is 3. The lowest BCUT2D eigenvalue weighted by atomic mass is 10.1. The lowest BCUT2D eigenvalue weighted by Gasteiger charge is -2.30. The number of hydrogen-bond acceptors (Lipinski definition) is 5. The lowest BCUT2D eigenvalue weighted by Crippen LogP contribution is -2.50. The van der Waals surface area contributed by atoms with Crippen LogP contribution in [0.15, 0.2) is 72.8 Å². The van der Waals surface area contributed by atoms with E-state index in [-0.39, 0.29) is 31.0 Å². The van der Waals surface area contributed by atoms with Crippen molar-refractivity contribution in [3.63, 3.8) is 0 Å². The minimum atomic E-state index is -0.950. The van der Waals surface area contributed by atoms with Crippen molar-refractivity contribution in [2.24, 2.45) is 0 Å². The van der Waals surface area contributed by atoms with Gasteiger partial charge in [0.2, 0.25) is 11.7 Å². The number of anilines is 1. The molecule has 0 saturated carbocycles. The summed E-state index contributed by atoms with van der Waals surface area (Å²) >= 11 is 5.92. The highest BCUT2D eigenvalue weighted by atomic mass is 35.5. The van der Waals surface area contributed by atoms with Gasteiger partial charge in [0.1, 0.15) is 24.2 Å². The first-order valence-corrected chi connectivity index (χ1v) is 11.9. The molecule has 0 bridgehead atoms. The van der Waals surface area contributed by atoms with E-state index in [1.807, 2.05) is 0 Å². The van der Waals surface area contributed by atoms with E-state index in [4.69, 9.17) is 11.6 Å². The molecular weight excluding hydrogens is 502 g/mol. The summed E-state index contributed by atoms with van der Waals surface area (Å²) in [6.07, 6.45) is 0.248. The van der Waals surface area contributed by atoms with E-state index in [0.717, 1.165) is 4.80 Å². The average molecular weight is 525 g/mol. The van der Waals surface area contributed by atoms with Gasteiger partial charge in [-0.2, -0.15) is 4.80 Å². The summed E-state index contributed by atoms with van der Waals surface area (Å²) in [7, 11) is 0. The minimum absolute atomic E-state index is 0.135. The quantitative estimate of drug-likeness (QED) is 0.350. The van der Waals surface area contributed by atoms with Crippen molar-refractivity contribution in [3.05, 3.63) is 95.0 Å². The lowest BCUT2D eigenvalue weighted by molar-refractivity contribution is -0.127.